The van der Waals surface area contributed by atoms with Crippen molar-refractivity contribution in [1.29, 1.82) is 0 Å². The molecule has 0 fully saturated rings. The molecule has 0 atom stereocenters. The van der Waals surface area contributed by atoms with Crippen LogP contribution in [-0.4, -0.2) is 14.5 Å². The van der Waals surface area contributed by atoms with Gasteiger partial charge in [0.2, 0.25) is 0 Å². The standard InChI is InChI=1S/C49H33N3S2/c1-49(2)38-27-43-37(25-35(38)36-26-46-47(28-39(36)49)54-45-23-12-11-22-44(45)53-46)34-20-9-10-21-42(34)52(43)33-19-13-18-32(24-33)41-29-40(30-14-5-3-6-15-30)50-48(51-41)31-16-7-4-8-17-31/h3-29H,1-2H3. The highest BCUT2D eigenvalue weighted by Gasteiger charge is 2.38. The second kappa shape index (κ2) is 12.1. The van der Waals surface area contributed by atoms with Crippen molar-refractivity contribution >= 4 is 45.3 Å². The van der Waals surface area contributed by atoms with Gasteiger partial charge < -0.3 is 4.57 Å². The largest absolute Gasteiger partial charge is 0.309 e. The number of para-hydroxylation sites is 1. The molecular formula is C49H33N3S2. The van der Waals surface area contributed by atoms with Gasteiger partial charge in [0.1, 0.15) is 0 Å². The lowest BCUT2D eigenvalue weighted by atomic mass is 9.82. The summed E-state index contributed by atoms with van der Waals surface area (Å²) in [4.78, 5) is 15.6. The zero-order chi connectivity index (χ0) is 36.0. The number of fused-ring (bicyclic) bond motifs is 8. The van der Waals surface area contributed by atoms with Gasteiger partial charge in [-0.05, 0) is 82.9 Å². The summed E-state index contributed by atoms with van der Waals surface area (Å²) in [6, 6.07) is 59.0. The van der Waals surface area contributed by atoms with Crippen LogP contribution >= 0.6 is 23.5 Å². The number of hydrogen-bond donors (Lipinski definition) is 0. The number of hydrogen-bond acceptors (Lipinski definition) is 4. The van der Waals surface area contributed by atoms with Crippen LogP contribution in [0.25, 0.3) is 72.5 Å². The highest BCUT2D eigenvalue weighted by molar-refractivity contribution is 8.05. The quantitative estimate of drug-likeness (QED) is 0.181. The fraction of sp³-hybridized carbons (Fsp3) is 0.0612. The van der Waals surface area contributed by atoms with Gasteiger partial charge >= 0.3 is 0 Å². The molecular weight excluding hydrogens is 695 g/mol. The van der Waals surface area contributed by atoms with Crippen LogP contribution in [0.2, 0.25) is 0 Å². The molecule has 256 valence electrons. The van der Waals surface area contributed by atoms with Gasteiger partial charge in [0.25, 0.3) is 0 Å². The van der Waals surface area contributed by atoms with E-state index >= 15 is 0 Å². The zero-order valence-corrected chi connectivity index (χ0v) is 31.4. The maximum atomic E-state index is 5.16. The molecule has 0 unspecified atom stereocenters. The van der Waals surface area contributed by atoms with Crippen molar-refractivity contribution in [3.05, 3.63) is 175 Å². The second-order valence-corrected chi connectivity index (χ2v) is 16.8. The van der Waals surface area contributed by atoms with E-state index in [1.165, 1.54) is 63.6 Å². The highest BCUT2D eigenvalue weighted by atomic mass is 32.2. The smallest absolute Gasteiger partial charge is 0.160 e. The summed E-state index contributed by atoms with van der Waals surface area (Å²) >= 11 is 3.79. The molecule has 5 heteroatoms. The molecule has 54 heavy (non-hydrogen) atoms. The first kappa shape index (κ1) is 31.6. The Morgan fingerprint density at radius 1 is 0.444 bits per heavy atom. The minimum absolute atomic E-state index is 0.151. The van der Waals surface area contributed by atoms with E-state index in [2.05, 4.69) is 158 Å². The van der Waals surface area contributed by atoms with E-state index in [1.54, 1.807) is 0 Å². The van der Waals surface area contributed by atoms with Gasteiger partial charge in [0.05, 0.1) is 22.4 Å². The van der Waals surface area contributed by atoms with Crippen molar-refractivity contribution in [3.8, 4) is 50.7 Å². The summed E-state index contributed by atoms with van der Waals surface area (Å²) in [5.74, 6) is 0.717. The maximum Gasteiger partial charge on any atom is 0.160 e. The van der Waals surface area contributed by atoms with Gasteiger partial charge in [-0.25, -0.2) is 9.97 Å². The molecule has 0 N–H and O–H groups in total. The van der Waals surface area contributed by atoms with Crippen molar-refractivity contribution in [2.75, 3.05) is 0 Å². The fourth-order valence-corrected chi connectivity index (χ4v) is 10.6. The summed E-state index contributed by atoms with van der Waals surface area (Å²) in [5, 5.41) is 2.52. The van der Waals surface area contributed by atoms with Gasteiger partial charge in [-0.2, -0.15) is 0 Å². The van der Waals surface area contributed by atoms with E-state index in [1.807, 2.05) is 47.8 Å². The zero-order valence-electron chi connectivity index (χ0n) is 29.7. The molecule has 2 aliphatic rings. The average molecular weight is 728 g/mol. The third-order valence-corrected chi connectivity index (χ3v) is 13.6. The summed E-state index contributed by atoms with van der Waals surface area (Å²) in [5.41, 5.74) is 13.7. The van der Waals surface area contributed by atoms with Gasteiger partial charge in [-0.1, -0.05) is 140 Å². The minimum atomic E-state index is -0.151. The van der Waals surface area contributed by atoms with Gasteiger partial charge in [-0.15, -0.1) is 0 Å². The van der Waals surface area contributed by atoms with Crippen LogP contribution in [-0.2, 0) is 5.41 Å². The Balaban J connectivity index is 1.08. The molecule has 7 aromatic carbocycles. The molecule has 9 aromatic rings. The summed E-state index contributed by atoms with van der Waals surface area (Å²) < 4.78 is 2.44. The predicted octanol–water partition coefficient (Wildman–Crippen LogP) is 13.5. The molecule has 11 rings (SSSR count). The SMILES string of the molecule is CC1(C)c2cc3c(cc2-c2cc4c5ccccc5n(-c5cccc(-c6cc(-c7ccccc7)nc(-c7ccccc7)n6)c5)c4cc21)Sc1ccccc1S3. The van der Waals surface area contributed by atoms with Crippen LogP contribution in [0.3, 0.4) is 0 Å². The molecule has 2 aromatic heterocycles. The molecule has 0 saturated heterocycles. The lowest BCUT2D eigenvalue weighted by molar-refractivity contribution is 0.658. The Hall–Kier alpha value is -5.88. The first-order chi connectivity index (χ1) is 26.5. The van der Waals surface area contributed by atoms with E-state index in [9.17, 15) is 0 Å². The summed E-state index contributed by atoms with van der Waals surface area (Å²) in [7, 11) is 0. The molecule has 1 aliphatic heterocycles. The van der Waals surface area contributed by atoms with E-state index in [0.717, 1.165) is 33.8 Å². The third kappa shape index (κ3) is 4.92. The fourth-order valence-electron chi connectivity index (χ4n) is 8.37. The highest BCUT2D eigenvalue weighted by Crippen LogP contribution is 2.56. The number of rotatable bonds is 4. The Labute approximate surface area is 322 Å². The first-order valence-corrected chi connectivity index (χ1v) is 19.9. The minimum Gasteiger partial charge on any atom is -0.309 e. The van der Waals surface area contributed by atoms with E-state index < -0.39 is 0 Å². The van der Waals surface area contributed by atoms with E-state index in [-0.39, 0.29) is 5.41 Å². The molecule has 3 nitrogen and oxygen atoms in total. The molecule has 0 radical (unpaired) electrons. The molecule has 1 aliphatic carbocycles. The third-order valence-electron chi connectivity index (χ3n) is 11.0. The molecule has 3 heterocycles. The van der Waals surface area contributed by atoms with Crippen molar-refractivity contribution in [1.82, 2.24) is 14.5 Å². The van der Waals surface area contributed by atoms with Crippen LogP contribution in [0, 0.1) is 0 Å². The van der Waals surface area contributed by atoms with Gasteiger partial charge in [0, 0.05) is 58.1 Å². The number of nitrogens with zero attached hydrogens (tertiary/aromatic N) is 3. The van der Waals surface area contributed by atoms with Crippen LogP contribution < -0.4 is 0 Å². The van der Waals surface area contributed by atoms with Crippen molar-refractivity contribution in [3.63, 3.8) is 0 Å². The predicted molar refractivity (Wildman–Crippen MR) is 225 cm³/mol. The molecule has 0 spiro atoms. The van der Waals surface area contributed by atoms with Crippen LogP contribution in [0.4, 0.5) is 0 Å². The van der Waals surface area contributed by atoms with E-state index in [4.69, 9.17) is 9.97 Å². The lowest BCUT2D eigenvalue weighted by Crippen LogP contribution is -2.15. The monoisotopic (exact) mass is 727 g/mol. The van der Waals surface area contributed by atoms with Crippen LogP contribution in [0.15, 0.2) is 183 Å². The molecule has 0 amide bonds. The normalized spacial score (nSPS) is 13.7. The average Bonchev–Trinajstić information content (AvgIpc) is 3.66. The summed E-state index contributed by atoms with van der Waals surface area (Å²) in [6.45, 7) is 4.78. The van der Waals surface area contributed by atoms with Crippen LogP contribution in [0.5, 0.6) is 0 Å². The van der Waals surface area contributed by atoms with Gasteiger partial charge in [0.15, 0.2) is 5.82 Å². The lowest BCUT2D eigenvalue weighted by Gasteiger charge is -2.24. The summed E-state index contributed by atoms with van der Waals surface area (Å²) in [6.07, 6.45) is 0. The Kier molecular flexibility index (Phi) is 7.07. The molecule has 0 saturated carbocycles. The number of benzene rings is 7. The van der Waals surface area contributed by atoms with Crippen molar-refractivity contribution in [2.45, 2.75) is 38.8 Å². The van der Waals surface area contributed by atoms with Crippen LogP contribution in [0.1, 0.15) is 25.0 Å². The van der Waals surface area contributed by atoms with Crippen molar-refractivity contribution in [2.24, 2.45) is 0 Å². The number of aromatic nitrogens is 3. The maximum absolute atomic E-state index is 5.16. The molecule has 0 bridgehead atoms. The second-order valence-electron chi connectivity index (χ2n) is 14.6. The Morgan fingerprint density at radius 3 is 1.80 bits per heavy atom. The van der Waals surface area contributed by atoms with Gasteiger partial charge in [-0.3, -0.25) is 0 Å². The van der Waals surface area contributed by atoms with E-state index in [0.29, 0.717) is 5.82 Å². The van der Waals surface area contributed by atoms with Crippen molar-refractivity contribution < 1.29 is 0 Å². The first-order valence-electron chi connectivity index (χ1n) is 18.3. The Morgan fingerprint density at radius 2 is 1.04 bits per heavy atom. The Bertz CT molecular complexity index is 2910. The topological polar surface area (TPSA) is 30.7 Å².